The van der Waals surface area contributed by atoms with Crippen LogP contribution in [0.15, 0.2) is 29.2 Å². The summed E-state index contributed by atoms with van der Waals surface area (Å²) in [6, 6.07) is 6.57. The molecule has 2 rings (SSSR count). The van der Waals surface area contributed by atoms with Gasteiger partial charge in [0.05, 0.1) is 21.0 Å². The highest BCUT2D eigenvalue weighted by atomic mass is 32.2. The number of rotatable bonds is 6. The Kier molecular flexibility index (Phi) is 5.25. The zero-order valence-electron chi connectivity index (χ0n) is 11.6. The molecule has 1 saturated carbocycles. The molecule has 6 heteroatoms. The molecule has 0 heterocycles. The van der Waals surface area contributed by atoms with Gasteiger partial charge in [0.15, 0.2) is 0 Å². The maximum absolute atomic E-state index is 12.7. The van der Waals surface area contributed by atoms with Crippen molar-refractivity contribution in [3.63, 3.8) is 0 Å². The summed E-state index contributed by atoms with van der Waals surface area (Å²) in [4.78, 5) is 11.0. The van der Waals surface area contributed by atoms with E-state index in [2.05, 4.69) is 12.2 Å². The smallest absolute Gasteiger partial charge is 0.285 e. The third-order valence-corrected chi connectivity index (χ3v) is 5.56. The number of nitro groups is 1. The Morgan fingerprint density at radius 3 is 2.85 bits per heavy atom. The van der Waals surface area contributed by atoms with Crippen molar-refractivity contribution in [2.75, 3.05) is 6.54 Å². The van der Waals surface area contributed by atoms with Gasteiger partial charge in [-0.1, -0.05) is 25.5 Å². The van der Waals surface area contributed by atoms with Crippen LogP contribution in [-0.4, -0.2) is 27.0 Å². The van der Waals surface area contributed by atoms with E-state index >= 15 is 0 Å². The van der Waals surface area contributed by atoms with Gasteiger partial charge in [-0.15, -0.1) is 0 Å². The molecule has 1 fully saturated rings. The fourth-order valence-electron chi connectivity index (χ4n) is 2.69. The van der Waals surface area contributed by atoms with Crippen LogP contribution in [0.25, 0.3) is 0 Å². The average Bonchev–Trinajstić information content (AvgIpc) is 2.92. The molecule has 1 aliphatic rings. The summed E-state index contributed by atoms with van der Waals surface area (Å²) < 4.78 is 12.7. The molecule has 0 amide bonds. The van der Waals surface area contributed by atoms with Crippen LogP contribution in [0.1, 0.15) is 32.6 Å². The van der Waals surface area contributed by atoms with Crippen LogP contribution in [0.5, 0.6) is 0 Å². The molecule has 0 aliphatic heterocycles. The van der Waals surface area contributed by atoms with Crippen LogP contribution < -0.4 is 5.32 Å². The van der Waals surface area contributed by atoms with Crippen molar-refractivity contribution in [3.8, 4) is 0 Å². The van der Waals surface area contributed by atoms with Crippen LogP contribution in [0.2, 0.25) is 0 Å². The van der Waals surface area contributed by atoms with E-state index in [1.807, 2.05) is 0 Å². The second kappa shape index (κ2) is 6.95. The Balaban J connectivity index is 2.20. The highest BCUT2D eigenvalue weighted by Gasteiger charge is 2.34. The summed E-state index contributed by atoms with van der Waals surface area (Å²) in [7, 11) is -1.33. The van der Waals surface area contributed by atoms with Gasteiger partial charge >= 0.3 is 0 Å². The molecule has 0 spiro atoms. The first-order valence-electron chi connectivity index (χ1n) is 7.02. The minimum Gasteiger partial charge on any atom is -0.313 e. The van der Waals surface area contributed by atoms with Gasteiger partial charge in [0, 0.05) is 12.1 Å². The fraction of sp³-hybridized carbons (Fsp3) is 0.571. The van der Waals surface area contributed by atoms with Gasteiger partial charge in [-0.3, -0.25) is 14.3 Å². The number of nitrogens with one attached hydrogen (secondary N) is 1. The Labute approximate surface area is 121 Å². The number of hydrogen-bond donors (Lipinski definition) is 1. The van der Waals surface area contributed by atoms with Crippen molar-refractivity contribution in [2.45, 2.75) is 48.8 Å². The van der Waals surface area contributed by atoms with Crippen molar-refractivity contribution in [1.29, 1.82) is 0 Å². The normalized spacial score (nSPS) is 23.6. The Morgan fingerprint density at radius 2 is 2.15 bits per heavy atom. The number of hydrogen-bond acceptors (Lipinski definition) is 4. The van der Waals surface area contributed by atoms with Crippen LogP contribution >= 0.6 is 0 Å². The van der Waals surface area contributed by atoms with Gasteiger partial charge in [0.1, 0.15) is 4.90 Å². The third kappa shape index (κ3) is 3.24. The summed E-state index contributed by atoms with van der Waals surface area (Å²) in [5, 5.41) is 14.4. The minimum atomic E-state index is -1.33. The molecule has 1 N–H and O–H groups in total. The number of benzene rings is 1. The van der Waals surface area contributed by atoms with E-state index in [9.17, 15) is 14.3 Å². The van der Waals surface area contributed by atoms with E-state index in [0.717, 1.165) is 32.2 Å². The molecule has 1 aliphatic carbocycles. The van der Waals surface area contributed by atoms with Gasteiger partial charge in [-0.05, 0) is 31.9 Å². The first kappa shape index (κ1) is 15.1. The summed E-state index contributed by atoms with van der Waals surface area (Å²) in [5.74, 6) is 0. The van der Waals surface area contributed by atoms with E-state index in [-0.39, 0.29) is 17.0 Å². The van der Waals surface area contributed by atoms with E-state index in [4.69, 9.17) is 0 Å². The lowest BCUT2D eigenvalue weighted by atomic mass is 10.2. The van der Waals surface area contributed by atoms with Crippen LogP contribution in [-0.2, 0) is 10.8 Å². The predicted octanol–water partition coefficient (Wildman–Crippen LogP) is 2.62. The molecule has 20 heavy (non-hydrogen) atoms. The maximum atomic E-state index is 12.7. The molecule has 1 aromatic rings. The molecular weight excluding hydrogens is 276 g/mol. The van der Waals surface area contributed by atoms with Gasteiger partial charge in [-0.25, -0.2) is 0 Å². The lowest BCUT2D eigenvalue weighted by molar-refractivity contribution is -0.387. The van der Waals surface area contributed by atoms with E-state index in [1.165, 1.54) is 6.07 Å². The average molecular weight is 296 g/mol. The summed E-state index contributed by atoms with van der Waals surface area (Å²) >= 11 is 0. The van der Waals surface area contributed by atoms with Crippen LogP contribution in [0, 0.1) is 10.1 Å². The van der Waals surface area contributed by atoms with E-state index in [1.54, 1.807) is 18.2 Å². The van der Waals surface area contributed by atoms with Crippen molar-refractivity contribution in [3.05, 3.63) is 34.4 Å². The summed E-state index contributed by atoms with van der Waals surface area (Å²) in [6.45, 7) is 2.99. The van der Waals surface area contributed by atoms with Gasteiger partial charge in [-0.2, -0.15) is 0 Å². The molecule has 1 aromatic carbocycles. The SMILES string of the molecule is CCCNC1CCCC1S(=O)c1ccccc1[N+](=O)[O-]. The summed E-state index contributed by atoms with van der Waals surface area (Å²) in [5.41, 5.74) is -0.0352. The number of nitrogens with zero attached hydrogens (tertiary/aromatic N) is 1. The predicted molar refractivity (Wildman–Crippen MR) is 79.2 cm³/mol. The van der Waals surface area contributed by atoms with Crippen molar-refractivity contribution >= 4 is 16.5 Å². The van der Waals surface area contributed by atoms with Crippen LogP contribution in [0.4, 0.5) is 5.69 Å². The van der Waals surface area contributed by atoms with Gasteiger partial charge in [0.25, 0.3) is 5.69 Å². The highest BCUT2D eigenvalue weighted by molar-refractivity contribution is 7.86. The van der Waals surface area contributed by atoms with Crippen molar-refractivity contribution in [2.24, 2.45) is 0 Å². The standard InChI is InChI=1S/C14H20N2O3S/c1-2-10-15-11-6-5-9-13(11)20(19)14-8-4-3-7-12(14)16(17)18/h3-4,7-8,11,13,15H,2,5-6,9-10H2,1H3. The molecule has 0 saturated heterocycles. The van der Waals surface area contributed by atoms with Crippen molar-refractivity contribution in [1.82, 2.24) is 5.32 Å². The first-order chi connectivity index (χ1) is 9.65. The Bertz CT molecular complexity index is 507. The molecule has 0 bridgehead atoms. The highest BCUT2D eigenvalue weighted by Crippen LogP contribution is 2.31. The first-order valence-corrected chi connectivity index (χ1v) is 8.23. The van der Waals surface area contributed by atoms with Crippen LogP contribution in [0.3, 0.4) is 0 Å². The Hall–Kier alpha value is -1.27. The molecule has 5 nitrogen and oxygen atoms in total. The second-order valence-electron chi connectivity index (χ2n) is 5.05. The zero-order chi connectivity index (χ0) is 14.5. The molecule has 3 unspecified atom stereocenters. The topological polar surface area (TPSA) is 72.2 Å². The largest absolute Gasteiger partial charge is 0.313 e. The molecular formula is C14H20N2O3S. The molecule has 3 atom stereocenters. The zero-order valence-corrected chi connectivity index (χ0v) is 12.4. The summed E-state index contributed by atoms with van der Waals surface area (Å²) in [6.07, 6.45) is 3.91. The minimum absolute atomic E-state index is 0.0253. The van der Waals surface area contributed by atoms with E-state index in [0.29, 0.717) is 4.90 Å². The third-order valence-electron chi connectivity index (χ3n) is 3.66. The monoisotopic (exact) mass is 296 g/mol. The number of para-hydroxylation sites is 1. The molecule has 110 valence electrons. The lowest BCUT2D eigenvalue weighted by Crippen LogP contribution is -2.38. The number of nitro benzene ring substituents is 1. The maximum Gasteiger partial charge on any atom is 0.285 e. The second-order valence-corrected chi connectivity index (χ2v) is 6.69. The van der Waals surface area contributed by atoms with E-state index < -0.39 is 15.7 Å². The Morgan fingerprint density at radius 1 is 1.40 bits per heavy atom. The fourth-order valence-corrected chi connectivity index (χ4v) is 4.49. The quantitative estimate of drug-likeness (QED) is 0.647. The van der Waals surface area contributed by atoms with Gasteiger partial charge in [0.2, 0.25) is 0 Å². The molecule has 0 aromatic heterocycles. The lowest BCUT2D eigenvalue weighted by Gasteiger charge is -2.20. The van der Waals surface area contributed by atoms with Crippen molar-refractivity contribution < 1.29 is 9.13 Å². The molecule has 0 radical (unpaired) electrons. The van der Waals surface area contributed by atoms with Gasteiger partial charge < -0.3 is 5.32 Å².